The second kappa shape index (κ2) is 10.0. The molecule has 7 N–H and O–H groups in total. The maximum Gasteiger partial charge on any atom is 0.490 e. The predicted molar refractivity (Wildman–Crippen MR) is 96.8 cm³/mol. The molecule has 23 heteroatoms. The van der Waals surface area contributed by atoms with Crippen LogP contribution in [0.25, 0.3) is 0 Å². The summed E-state index contributed by atoms with van der Waals surface area (Å²) in [7, 11) is -17.1. The molecule has 1 aromatic rings. The van der Waals surface area contributed by atoms with E-state index in [0.29, 0.717) is 6.20 Å². The van der Waals surface area contributed by atoms with Crippen molar-refractivity contribution >= 4 is 23.5 Å². The van der Waals surface area contributed by atoms with Crippen LogP contribution < -0.4 is 11.2 Å². The van der Waals surface area contributed by atoms with E-state index in [1.165, 1.54) is 0 Å². The van der Waals surface area contributed by atoms with Crippen molar-refractivity contribution in [3.05, 3.63) is 32.6 Å². The molecule has 0 aliphatic carbocycles. The lowest BCUT2D eigenvalue weighted by Crippen LogP contribution is -2.38. The number of hydrogen-bond acceptors (Lipinski definition) is 11. The van der Waals surface area contributed by atoms with Gasteiger partial charge in [0.2, 0.25) is 0 Å². The molecule has 196 valence electrons. The Bertz CT molecular complexity index is 1160. The third-order valence-corrected chi connectivity index (χ3v) is 7.68. The van der Waals surface area contributed by atoms with E-state index in [1.54, 1.807) is 4.98 Å². The number of aromatic amines is 1. The standard InChI is InChI=1S/C11H16F3N2O15P3/c12-11(13,14)3-16-1-4(9(19)15-10(16)20)8-7(18)6(17)5(29-8)2-28-33(24,25)31-34(26,27)30-32(21,22)23/h1,5-8,17-18H,2-3H2,(H,24,25)(H,26,27)(H,15,19,20)(H2,21,22,23)/t5-,6?,7?,8+/m1/s1. The highest BCUT2D eigenvalue weighted by Crippen LogP contribution is 2.66. The Morgan fingerprint density at radius 3 is 2.15 bits per heavy atom. The minimum atomic E-state index is -5.84. The molecule has 0 bridgehead atoms. The second-order valence-electron chi connectivity index (χ2n) is 6.55. The molecule has 2 rings (SSSR count). The number of aromatic nitrogens is 2. The van der Waals surface area contributed by atoms with Crippen LogP contribution in [0.4, 0.5) is 13.2 Å². The zero-order chi connectivity index (χ0) is 26.3. The van der Waals surface area contributed by atoms with Gasteiger partial charge in [-0.25, -0.2) is 18.5 Å². The smallest absolute Gasteiger partial charge is 0.387 e. The number of rotatable bonds is 9. The SMILES string of the molecule is O=c1[nH]c(=O)n(CC(F)(F)F)cc1[C@@H]1O[C@H](COP(=O)(O)OP(=O)(O)OP(=O)(O)O)C(O)C1O. The number of hydrogen-bond donors (Lipinski definition) is 7. The summed E-state index contributed by atoms with van der Waals surface area (Å²) >= 11 is 0. The van der Waals surface area contributed by atoms with Crippen LogP contribution in [0.2, 0.25) is 0 Å². The van der Waals surface area contributed by atoms with E-state index in [4.69, 9.17) is 19.4 Å². The number of phosphoric acid groups is 3. The summed E-state index contributed by atoms with van der Waals surface area (Å²) in [5, 5.41) is 20.1. The Labute approximate surface area is 184 Å². The largest absolute Gasteiger partial charge is 0.490 e. The molecule has 0 saturated carbocycles. The summed E-state index contributed by atoms with van der Waals surface area (Å²) < 4.78 is 87.7. The van der Waals surface area contributed by atoms with Crippen LogP contribution in [0.3, 0.4) is 0 Å². The monoisotopic (exact) mass is 566 g/mol. The molecule has 4 unspecified atom stereocenters. The molecule has 1 saturated heterocycles. The first-order chi connectivity index (χ1) is 15.2. The number of aliphatic hydroxyl groups excluding tert-OH is 2. The van der Waals surface area contributed by atoms with Crippen molar-refractivity contribution in [2.24, 2.45) is 0 Å². The number of halogens is 3. The highest BCUT2D eigenvalue weighted by atomic mass is 31.3. The van der Waals surface area contributed by atoms with Crippen LogP contribution in [-0.4, -0.2) is 70.4 Å². The minimum absolute atomic E-state index is 0.0403. The zero-order valence-corrected chi connectivity index (χ0v) is 18.8. The molecule has 6 atom stereocenters. The highest BCUT2D eigenvalue weighted by Gasteiger charge is 2.47. The van der Waals surface area contributed by atoms with E-state index >= 15 is 0 Å². The number of alkyl halides is 3. The molecule has 1 aliphatic rings. The van der Waals surface area contributed by atoms with Gasteiger partial charge >= 0.3 is 35.3 Å². The van der Waals surface area contributed by atoms with Crippen LogP contribution in [0, 0.1) is 0 Å². The van der Waals surface area contributed by atoms with E-state index in [2.05, 4.69) is 13.1 Å². The molecule has 0 amide bonds. The van der Waals surface area contributed by atoms with Gasteiger partial charge in [-0.2, -0.15) is 21.8 Å². The van der Waals surface area contributed by atoms with Crippen molar-refractivity contribution in [3.8, 4) is 0 Å². The van der Waals surface area contributed by atoms with E-state index in [-0.39, 0.29) is 4.57 Å². The Morgan fingerprint density at radius 1 is 1.03 bits per heavy atom. The lowest BCUT2D eigenvalue weighted by molar-refractivity contribution is -0.141. The van der Waals surface area contributed by atoms with Crippen molar-refractivity contribution in [2.45, 2.75) is 37.1 Å². The first kappa shape index (κ1) is 29.0. The van der Waals surface area contributed by atoms with E-state index in [9.17, 15) is 51.6 Å². The molecule has 34 heavy (non-hydrogen) atoms. The fraction of sp³-hybridized carbons (Fsp3) is 0.636. The molecule has 0 radical (unpaired) electrons. The lowest BCUT2D eigenvalue weighted by atomic mass is 10.0. The van der Waals surface area contributed by atoms with Crippen molar-refractivity contribution in [2.75, 3.05) is 6.61 Å². The molecular formula is C11H16F3N2O15P3. The summed E-state index contributed by atoms with van der Waals surface area (Å²) in [5.74, 6) is 0. The molecule has 0 spiro atoms. The van der Waals surface area contributed by atoms with Crippen molar-refractivity contribution in [1.82, 2.24) is 9.55 Å². The third-order valence-electron chi connectivity index (χ3n) is 3.87. The summed E-state index contributed by atoms with van der Waals surface area (Å²) in [6.07, 6.45) is -12.2. The Balaban J connectivity index is 2.17. The van der Waals surface area contributed by atoms with Gasteiger partial charge in [0.1, 0.15) is 31.0 Å². The number of nitrogens with one attached hydrogen (secondary N) is 1. The molecule has 1 aliphatic heterocycles. The first-order valence-electron chi connectivity index (χ1n) is 8.40. The first-order valence-corrected chi connectivity index (χ1v) is 12.9. The van der Waals surface area contributed by atoms with Gasteiger partial charge in [-0.15, -0.1) is 0 Å². The normalized spacial score (nSPS) is 27.3. The number of nitrogens with zero attached hydrogens (tertiary/aromatic N) is 1. The van der Waals surface area contributed by atoms with E-state index < -0.39 is 84.0 Å². The van der Waals surface area contributed by atoms with Gasteiger partial charge < -0.3 is 34.5 Å². The van der Waals surface area contributed by atoms with Gasteiger partial charge in [0.05, 0.1) is 12.2 Å². The second-order valence-corrected chi connectivity index (χ2v) is 11.0. The molecule has 1 aromatic heterocycles. The molecule has 2 heterocycles. The fourth-order valence-electron chi connectivity index (χ4n) is 2.65. The van der Waals surface area contributed by atoms with Crippen molar-refractivity contribution < 1.29 is 74.5 Å². The number of aliphatic hydroxyl groups is 2. The fourth-order valence-corrected chi connectivity index (χ4v) is 5.68. The van der Waals surface area contributed by atoms with Crippen LogP contribution in [-0.2, 0) is 38.1 Å². The number of H-pyrrole nitrogens is 1. The average Bonchev–Trinajstić information content (AvgIpc) is 2.86. The quantitative estimate of drug-likeness (QED) is 0.170. The van der Waals surface area contributed by atoms with Gasteiger partial charge in [0.15, 0.2) is 0 Å². The zero-order valence-electron chi connectivity index (χ0n) is 16.1. The Morgan fingerprint density at radius 2 is 1.62 bits per heavy atom. The van der Waals surface area contributed by atoms with Crippen molar-refractivity contribution in [1.29, 1.82) is 0 Å². The van der Waals surface area contributed by atoms with Gasteiger partial charge in [-0.1, -0.05) is 0 Å². The molecular weight excluding hydrogens is 550 g/mol. The van der Waals surface area contributed by atoms with Crippen LogP contribution in [0.1, 0.15) is 11.7 Å². The molecule has 1 fully saturated rings. The summed E-state index contributed by atoms with van der Waals surface area (Å²) in [6.45, 7) is -3.05. The average molecular weight is 566 g/mol. The summed E-state index contributed by atoms with van der Waals surface area (Å²) in [4.78, 5) is 60.5. The third kappa shape index (κ3) is 8.17. The van der Waals surface area contributed by atoms with Crippen LogP contribution in [0.5, 0.6) is 0 Å². The lowest BCUT2D eigenvalue weighted by Gasteiger charge is -2.19. The van der Waals surface area contributed by atoms with Gasteiger partial charge in [-0.3, -0.25) is 18.9 Å². The maximum atomic E-state index is 12.6. The molecule has 0 aromatic carbocycles. The van der Waals surface area contributed by atoms with Gasteiger partial charge in [0, 0.05) is 6.20 Å². The Hall–Kier alpha value is -1.24. The molecule has 17 nitrogen and oxygen atoms in total. The van der Waals surface area contributed by atoms with E-state index in [0.717, 1.165) is 0 Å². The topological polar surface area (TPSA) is 264 Å². The number of phosphoric ester groups is 1. The van der Waals surface area contributed by atoms with Crippen LogP contribution in [0.15, 0.2) is 15.8 Å². The predicted octanol–water partition coefficient (Wildman–Crippen LogP) is -1.40. The summed E-state index contributed by atoms with van der Waals surface area (Å²) in [5.41, 5.74) is -3.47. The van der Waals surface area contributed by atoms with Crippen LogP contribution >= 0.6 is 23.5 Å². The minimum Gasteiger partial charge on any atom is -0.387 e. The summed E-state index contributed by atoms with van der Waals surface area (Å²) in [6, 6.07) is 0. The highest BCUT2D eigenvalue weighted by molar-refractivity contribution is 7.66. The van der Waals surface area contributed by atoms with Gasteiger partial charge in [-0.05, 0) is 0 Å². The van der Waals surface area contributed by atoms with E-state index in [1.807, 2.05) is 0 Å². The van der Waals surface area contributed by atoms with Crippen molar-refractivity contribution in [3.63, 3.8) is 0 Å². The Kier molecular flexibility index (Phi) is 8.55. The van der Waals surface area contributed by atoms with Gasteiger partial charge in [0.25, 0.3) is 5.56 Å². The maximum absolute atomic E-state index is 12.6. The number of ether oxygens (including phenoxy) is 1.